The lowest BCUT2D eigenvalue weighted by Gasteiger charge is -2.10. The lowest BCUT2D eigenvalue weighted by molar-refractivity contribution is 0.0526. The molecule has 0 radical (unpaired) electrons. The maximum Gasteiger partial charge on any atom is 0.338 e. The molecular weight excluding hydrogens is 294 g/mol. The van der Waals surface area contributed by atoms with Crippen molar-refractivity contribution in [2.75, 3.05) is 37.0 Å². The fourth-order valence-electron chi connectivity index (χ4n) is 1.63. The van der Waals surface area contributed by atoms with Crippen LogP contribution in [0.1, 0.15) is 23.7 Å². The molecule has 4 N–H and O–H groups in total. The molecule has 0 aliphatic carbocycles. The molecule has 0 aliphatic rings. The molecule has 118 valence electrons. The number of hydrogen-bond donors (Lipinski definition) is 3. The first-order chi connectivity index (χ1) is 9.83. The van der Waals surface area contributed by atoms with Gasteiger partial charge in [0.15, 0.2) is 0 Å². The maximum absolute atomic E-state index is 11.5. The first-order valence-corrected chi connectivity index (χ1v) is 8.47. The minimum Gasteiger partial charge on any atom is -0.462 e. The maximum atomic E-state index is 11.5. The van der Waals surface area contributed by atoms with Gasteiger partial charge in [0.25, 0.3) is 0 Å². The summed E-state index contributed by atoms with van der Waals surface area (Å²) in [6, 6.07) is 4.88. The predicted molar refractivity (Wildman–Crippen MR) is 82.8 cm³/mol. The lowest BCUT2D eigenvalue weighted by Crippen LogP contribution is -2.24. The highest BCUT2D eigenvalue weighted by Gasteiger charge is 2.08. The van der Waals surface area contributed by atoms with E-state index in [0.717, 1.165) is 6.26 Å². The van der Waals surface area contributed by atoms with Gasteiger partial charge in [-0.2, -0.15) is 0 Å². The molecule has 0 fully saturated rings. The van der Waals surface area contributed by atoms with E-state index in [1.165, 1.54) is 0 Å². The van der Waals surface area contributed by atoms with Crippen LogP contribution in [0, 0.1) is 0 Å². The van der Waals surface area contributed by atoms with E-state index < -0.39 is 16.0 Å². The average Bonchev–Trinajstić information content (AvgIpc) is 2.39. The van der Waals surface area contributed by atoms with Gasteiger partial charge >= 0.3 is 5.97 Å². The number of ether oxygens (including phenoxy) is 1. The largest absolute Gasteiger partial charge is 0.462 e. The van der Waals surface area contributed by atoms with Crippen LogP contribution in [0.3, 0.4) is 0 Å². The number of anilines is 2. The summed E-state index contributed by atoms with van der Waals surface area (Å²) in [4.78, 5) is 11.5. The van der Waals surface area contributed by atoms with Crippen molar-refractivity contribution in [3.05, 3.63) is 23.8 Å². The fraction of sp³-hybridized carbons (Fsp3) is 0.462. The first kappa shape index (κ1) is 17.3. The van der Waals surface area contributed by atoms with Crippen molar-refractivity contribution in [3.63, 3.8) is 0 Å². The Bertz CT molecular complexity index is 587. The summed E-state index contributed by atoms with van der Waals surface area (Å²) in [5.41, 5.74) is 7.40. The van der Waals surface area contributed by atoms with Crippen molar-refractivity contribution in [3.8, 4) is 0 Å². The van der Waals surface area contributed by atoms with Crippen LogP contribution in [0.4, 0.5) is 11.4 Å². The average molecular weight is 315 g/mol. The standard InChI is InChI=1S/C13H21N3O4S/c1-3-20-13(17)10-5-6-12(11(14)9-10)15-7-4-8-16-21(2,18)19/h5-6,9,15-16H,3-4,7-8,14H2,1-2H3. The van der Waals surface area contributed by atoms with Crippen LogP contribution in [0.2, 0.25) is 0 Å². The Balaban J connectivity index is 2.48. The second-order valence-corrected chi connectivity index (χ2v) is 6.30. The molecule has 0 amide bonds. The van der Waals surface area contributed by atoms with Crippen molar-refractivity contribution in [1.82, 2.24) is 4.72 Å². The van der Waals surface area contributed by atoms with Gasteiger partial charge in [-0.1, -0.05) is 0 Å². The second-order valence-electron chi connectivity index (χ2n) is 4.47. The van der Waals surface area contributed by atoms with E-state index in [1.54, 1.807) is 25.1 Å². The fourth-order valence-corrected chi connectivity index (χ4v) is 2.15. The molecule has 7 nitrogen and oxygen atoms in total. The number of sulfonamides is 1. The van der Waals surface area contributed by atoms with Gasteiger partial charge in [-0.3, -0.25) is 0 Å². The number of rotatable bonds is 8. The third-order valence-electron chi connectivity index (χ3n) is 2.60. The Morgan fingerprint density at radius 1 is 1.33 bits per heavy atom. The third kappa shape index (κ3) is 6.46. The number of carbonyl (C=O) groups is 1. The van der Waals surface area contributed by atoms with Gasteiger partial charge in [0.1, 0.15) is 0 Å². The molecule has 0 saturated carbocycles. The van der Waals surface area contributed by atoms with Crippen LogP contribution in [0.25, 0.3) is 0 Å². The first-order valence-electron chi connectivity index (χ1n) is 6.58. The Morgan fingerprint density at radius 3 is 2.62 bits per heavy atom. The van der Waals surface area contributed by atoms with Gasteiger partial charge in [-0.25, -0.2) is 17.9 Å². The molecule has 1 aromatic rings. The smallest absolute Gasteiger partial charge is 0.338 e. The monoisotopic (exact) mass is 315 g/mol. The molecule has 0 heterocycles. The molecule has 1 aromatic carbocycles. The number of esters is 1. The molecule has 0 saturated heterocycles. The van der Waals surface area contributed by atoms with Gasteiger partial charge in [0, 0.05) is 13.1 Å². The number of hydrogen-bond acceptors (Lipinski definition) is 6. The highest BCUT2D eigenvalue weighted by atomic mass is 32.2. The van der Waals surface area contributed by atoms with Crippen LogP contribution in [-0.2, 0) is 14.8 Å². The topological polar surface area (TPSA) is 111 Å². The van der Waals surface area contributed by atoms with Crippen molar-refractivity contribution in [2.24, 2.45) is 0 Å². The Labute approximate surface area is 124 Å². The summed E-state index contributed by atoms with van der Waals surface area (Å²) in [6.07, 6.45) is 1.73. The summed E-state index contributed by atoms with van der Waals surface area (Å²) < 4.78 is 29.0. The van der Waals surface area contributed by atoms with E-state index in [-0.39, 0.29) is 0 Å². The van der Waals surface area contributed by atoms with E-state index in [9.17, 15) is 13.2 Å². The van der Waals surface area contributed by atoms with Crippen LogP contribution >= 0.6 is 0 Å². The summed E-state index contributed by atoms with van der Waals surface area (Å²) in [5.74, 6) is -0.409. The number of nitrogen functional groups attached to an aromatic ring is 1. The number of nitrogens with two attached hydrogens (primary N) is 1. The van der Waals surface area contributed by atoms with Crippen molar-refractivity contribution in [1.29, 1.82) is 0 Å². The molecule has 0 bridgehead atoms. The summed E-state index contributed by atoms with van der Waals surface area (Å²) >= 11 is 0. The van der Waals surface area contributed by atoms with Gasteiger partial charge in [0.05, 0.1) is 29.8 Å². The normalized spacial score (nSPS) is 11.1. The Morgan fingerprint density at radius 2 is 2.05 bits per heavy atom. The molecule has 1 rings (SSSR count). The zero-order valence-electron chi connectivity index (χ0n) is 12.2. The summed E-state index contributed by atoms with van der Waals surface area (Å²) in [7, 11) is -3.15. The molecule has 21 heavy (non-hydrogen) atoms. The van der Waals surface area contributed by atoms with Gasteiger partial charge in [0.2, 0.25) is 10.0 Å². The highest BCUT2D eigenvalue weighted by molar-refractivity contribution is 7.88. The van der Waals surface area contributed by atoms with E-state index >= 15 is 0 Å². The van der Waals surface area contributed by atoms with Crippen LogP contribution in [-0.4, -0.2) is 40.3 Å². The number of benzene rings is 1. The van der Waals surface area contributed by atoms with E-state index in [2.05, 4.69) is 10.0 Å². The minimum atomic E-state index is -3.15. The molecule has 0 aromatic heterocycles. The number of nitrogens with one attached hydrogen (secondary N) is 2. The predicted octanol–water partition coefficient (Wildman–Crippen LogP) is 0.797. The van der Waals surface area contributed by atoms with Crippen molar-refractivity contribution >= 4 is 27.4 Å². The number of carbonyl (C=O) groups excluding carboxylic acids is 1. The van der Waals surface area contributed by atoms with E-state index in [4.69, 9.17) is 10.5 Å². The Hall–Kier alpha value is -1.80. The second kappa shape index (κ2) is 7.84. The molecule has 0 atom stereocenters. The molecule has 8 heteroatoms. The summed E-state index contributed by atoms with van der Waals surface area (Å²) in [6.45, 7) is 2.96. The highest BCUT2D eigenvalue weighted by Crippen LogP contribution is 2.20. The molecule has 0 spiro atoms. The minimum absolute atomic E-state index is 0.312. The van der Waals surface area contributed by atoms with Crippen LogP contribution in [0.5, 0.6) is 0 Å². The van der Waals surface area contributed by atoms with Crippen molar-refractivity contribution < 1.29 is 17.9 Å². The zero-order valence-corrected chi connectivity index (χ0v) is 13.0. The molecule has 0 aliphatic heterocycles. The SMILES string of the molecule is CCOC(=O)c1ccc(NCCCNS(C)(=O)=O)c(N)c1. The zero-order chi connectivity index (χ0) is 15.9. The quantitative estimate of drug-likeness (QED) is 0.372. The van der Waals surface area contributed by atoms with Crippen molar-refractivity contribution in [2.45, 2.75) is 13.3 Å². The van der Waals surface area contributed by atoms with E-state index in [1.807, 2.05) is 0 Å². The van der Waals surface area contributed by atoms with E-state index in [0.29, 0.717) is 43.1 Å². The summed E-state index contributed by atoms with van der Waals surface area (Å²) in [5, 5.41) is 3.09. The van der Waals surface area contributed by atoms with Gasteiger partial charge in [-0.15, -0.1) is 0 Å². The van der Waals surface area contributed by atoms with Gasteiger partial charge < -0.3 is 15.8 Å². The van der Waals surface area contributed by atoms with Crippen LogP contribution < -0.4 is 15.8 Å². The Kier molecular flexibility index (Phi) is 6.44. The van der Waals surface area contributed by atoms with Crippen LogP contribution in [0.15, 0.2) is 18.2 Å². The molecule has 0 unspecified atom stereocenters. The lowest BCUT2D eigenvalue weighted by atomic mass is 10.1. The van der Waals surface area contributed by atoms with Gasteiger partial charge in [-0.05, 0) is 31.5 Å². The third-order valence-corrected chi connectivity index (χ3v) is 3.32. The molecular formula is C13H21N3O4S.